The summed E-state index contributed by atoms with van der Waals surface area (Å²) in [6.07, 6.45) is 1.75. The fourth-order valence-corrected chi connectivity index (χ4v) is 2.32. The van der Waals surface area contributed by atoms with Crippen LogP contribution >= 0.6 is 0 Å². The maximum Gasteiger partial charge on any atom is 0.257 e. The minimum absolute atomic E-state index is 0.0912. The molecule has 3 N–H and O–H groups in total. The zero-order valence-corrected chi connectivity index (χ0v) is 10.7. The lowest BCUT2D eigenvalue weighted by molar-refractivity contribution is 0.0904. The van der Waals surface area contributed by atoms with Crippen LogP contribution in [0.25, 0.3) is 0 Å². The van der Waals surface area contributed by atoms with Crippen molar-refractivity contribution in [2.75, 3.05) is 25.9 Å². The molecular formula is C13H17F2N3O. The first kappa shape index (κ1) is 13.7. The third-order valence-corrected chi connectivity index (χ3v) is 3.31. The summed E-state index contributed by atoms with van der Waals surface area (Å²) in [7, 11) is 1.94. The van der Waals surface area contributed by atoms with Crippen LogP contribution in [0.2, 0.25) is 0 Å². The zero-order chi connectivity index (χ0) is 14.0. The first-order chi connectivity index (χ1) is 8.99. The number of anilines is 1. The molecule has 1 aliphatic rings. The highest BCUT2D eigenvalue weighted by Gasteiger charge is 2.24. The number of hydrogen-bond acceptors (Lipinski definition) is 3. The van der Waals surface area contributed by atoms with Crippen LogP contribution in [-0.4, -0.2) is 37.0 Å². The first-order valence-electron chi connectivity index (χ1n) is 6.22. The van der Waals surface area contributed by atoms with E-state index >= 15 is 0 Å². The number of nitrogens with two attached hydrogens (primary N) is 1. The molecule has 104 valence electrons. The van der Waals surface area contributed by atoms with Crippen molar-refractivity contribution in [3.8, 4) is 0 Å². The third kappa shape index (κ3) is 3.01. The summed E-state index contributed by atoms with van der Waals surface area (Å²) in [6, 6.07) is 2.02. The smallest absolute Gasteiger partial charge is 0.257 e. The maximum atomic E-state index is 13.7. The number of benzene rings is 1. The van der Waals surface area contributed by atoms with E-state index in [4.69, 9.17) is 5.73 Å². The standard InChI is InChI=1S/C13H17F2N3O/c1-18-6-2-3-8(7-18)17-13(19)11-9(14)4-5-10(16)12(11)15/h4-5,8H,2-3,6-7,16H2,1H3,(H,17,19). The van der Waals surface area contributed by atoms with Crippen molar-refractivity contribution in [2.24, 2.45) is 0 Å². The molecule has 4 nitrogen and oxygen atoms in total. The molecule has 1 aromatic carbocycles. The van der Waals surface area contributed by atoms with Gasteiger partial charge >= 0.3 is 0 Å². The average Bonchev–Trinajstić information content (AvgIpc) is 2.34. The molecular weight excluding hydrogens is 252 g/mol. The minimum atomic E-state index is -0.998. The Balaban J connectivity index is 2.14. The number of piperidine rings is 1. The number of likely N-dealkylation sites (tertiary alicyclic amines) is 1. The number of likely N-dealkylation sites (N-methyl/N-ethyl adjacent to an activating group) is 1. The number of rotatable bonds is 2. The number of nitrogens with zero attached hydrogens (tertiary/aromatic N) is 1. The van der Waals surface area contributed by atoms with Gasteiger partial charge in [-0.2, -0.15) is 0 Å². The van der Waals surface area contributed by atoms with Crippen molar-refractivity contribution in [3.63, 3.8) is 0 Å². The van der Waals surface area contributed by atoms with Crippen molar-refractivity contribution in [2.45, 2.75) is 18.9 Å². The van der Waals surface area contributed by atoms with Gasteiger partial charge in [-0.15, -0.1) is 0 Å². The molecule has 19 heavy (non-hydrogen) atoms. The Labute approximate surface area is 110 Å². The molecule has 0 aromatic heterocycles. The number of halogens is 2. The number of nitrogen functional groups attached to an aromatic ring is 1. The highest BCUT2D eigenvalue weighted by Crippen LogP contribution is 2.19. The molecule has 1 fully saturated rings. The van der Waals surface area contributed by atoms with E-state index in [1.165, 1.54) is 0 Å². The van der Waals surface area contributed by atoms with Crippen LogP contribution in [-0.2, 0) is 0 Å². The van der Waals surface area contributed by atoms with E-state index in [1.54, 1.807) is 0 Å². The van der Waals surface area contributed by atoms with Crippen LogP contribution in [0.15, 0.2) is 12.1 Å². The van der Waals surface area contributed by atoms with Crippen LogP contribution in [0.3, 0.4) is 0 Å². The predicted octanol–water partition coefficient (Wildman–Crippen LogP) is 1.37. The van der Waals surface area contributed by atoms with Gasteiger partial charge in [-0.3, -0.25) is 4.79 Å². The molecule has 1 aromatic rings. The molecule has 1 saturated heterocycles. The maximum absolute atomic E-state index is 13.7. The molecule has 1 unspecified atom stereocenters. The predicted molar refractivity (Wildman–Crippen MR) is 68.8 cm³/mol. The van der Waals surface area contributed by atoms with Crippen LogP contribution in [0, 0.1) is 11.6 Å². The average molecular weight is 269 g/mol. The van der Waals surface area contributed by atoms with Crippen molar-refractivity contribution >= 4 is 11.6 Å². The summed E-state index contributed by atoms with van der Waals surface area (Å²) in [5.41, 5.74) is 4.52. The molecule has 0 aliphatic carbocycles. The monoisotopic (exact) mass is 269 g/mol. The molecule has 0 saturated carbocycles. The lowest BCUT2D eigenvalue weighted by Crippen LogP contribution is -2.46. The van der Waals surface area contributed by atoms with E-state index in [2.05, 4.69) is 10.2 Å². The molecule has 0 spiro atoms. The summed E-state index contributed by atoms with van der Waals surface area (Å²) in [5.74, 6) is -2.64. The molecule has 1 amide bonds. The minimum Gasteiger partial charge on any atom is -0.396 e. The quantitative estimate of drug-likeness (QED) is 0.797. The van der Waals surface area contributed by atoms with Gasteiger partial charge in [0.25, 0.3) is 5.91 Å². The summed E-state index contributed by atoms with van der Waals surface area (Å²) in [6.45, 7) is 1.64. The molecule has 2 rings (SSSR count). The second-order valence-electron chi connectivity index (χ2n) is 4.90. The van der Waals surface area contributed by atoms with Gasteiger partial charge in [0, 0.05) is 12.6 Å². The topological polar surface area (TPSA) is 58.4 Å². The Morgan fingerprint density at radius 1 is 1.47 bits per heavy atom. The molecule has 6 heteroatoms. The van der Waals surface area contributed by atoms with Crippen LogP contribution in [0.5, 0.6) is 0 Å². The Hall–Kier alpha value is -1.69. The van der Waals surface area contributed by atoms with Crippen LogP contribution in [0.1, 0.15) is 23.2 Å². The summed E-state index contributed by atoms with van der Waals surface area (Å²) in [5, 5.41) is 2.66. The fraction of sp³-hybridized carbons (Fsp3) is 0.462. The molecule has 0 radical (unpaired) electrons. The van der Waals surface area contributed by atoms with Crippen LogP contribution < -0.4 is 11.1 Å². The number of carbonyl (C=O) groups excluding carboxylic acids is 1. The number of hydrogen-bond donors (Lipinski definition) is 2. The van der Waals surface area contributed by atoms with E-state index in [0.29, 0.717) is 6.54 Å². The number of carbonyl (C=O) groups is 1. The van der Waals surface area contributed by atoms with Gasteiger partial charge in [-0.05, 0) is 38.6 Å². The Bertz CT molecular complexity index is 493. The molecule has 1 aliphatic heterocycles. The highest BCUT2D eigenvalue weighted by atomic mass is 19.1. The summed E-state index contributed by atoms with van der Waals surface area (Å²) < 4.78 is 27.3. The van der Waals surface area contributed by atoms with Gasteiger partial charge in [0.2, 0.25) is 0 Å². The molecule has 1 atom stereocenters. The van der Waals surface area contributed by atoms with Gasteiger partial charge in [0.15, 0.2) is 5.82 Å². The molecule has 1 heterocycles. The second-order valence-corrected chi connectivity index (χ2v) is 4.90. The van der Waals surface area contributed by atoms with Crippen molar-refractivity contribution in [1.82, 2.24) is 10.2 Å². The van der Waals surface area contributed by atoms with E-state index in [-0.39, 0.29) is 11.7 Å². The second kappa shape index (κ2) is 5.52. The van der Waals surface area contributed by atoms with Crippen molar-refractivity contribution in [1.29, 1.82) is 0 Å². The van der Waals surface area contributed by atoms with Gasteiger partial charge in [-0.1, -0.05) is 0 Å². The van der Waals surface area contributed by atoms with Crippen molar-refractivity contribution < 1.29 is 13.6 Å². The lowest BCUT2D eigenvalue weighted by Gasteiger charge is -2.30. The van der Waals surface area contributed by atoms with Crippen molar-refractivity contribution in [3.05, 3.63) is 29.3 Å². The third-order valence-electron chi connectivity index (χ3n) is 3.31. The lowest BCUT2D eigenvalue weighted by atomic mass is 10.1. The van der Waals surface area contributed by atoms with E-state index in [0.717, 1.165) is 31.5 Å². The van der Waals surface area contributed by atoms with Crippen LogP contribution in [0.4, 0.5) is 14.5 Å². The van der Waals surface area contributed by atoms with E-state index < -0.39 is 23.1 Å². The summed E-state index contributed by atoms with van der Waals surface area (Å²) in [4.78, 5) is 14.0. The SMILES string of the molecule is CN1CCCC(NC(=O)c2c(F)ccc(N)c2F)C1. The van der Waals surface area contributed by atoms with Gasteiger partial charge < -0.3 is 16.0 Å². The fourth-order valence-electron chi connectivity index (χ4n) is 2.32. The largest absolute Gasteiger partial charge is 0.396 e. The molecule has 0 bridgehead atoms. The van der Waals surface area contributed by atoms with E-state index in [1.807, 2.05) is 7.05 Å². The van der Waals surface area contributed by atoms with Gasteiger partial charge in [-0.25, -0.2) is 8.78 Å². The van der Waals surface area contributed by atoms with E-state index in [9.17, 15) is 13.6 Å². The highest BCUT2D eigenvalue weighted by molar-refractivity contribution is 5.95. The number of nitrogens with one attached hydrogen (secondary N) is 1. The first-order valence-corrected chi connectivity index (χ1v) is 6.22. The summed E-state index contributed by atoms with van der Waals surface area (Å²) >= 11 is 0. The normalized spacial score (nSPS) is 20.3. The zero-order valence-electron chi connectivity index (χ0n) is 10.7. The Morgan fingerprint density at radius 2 is 2.21 bits per heavy atom. The van der Waals surface area contributed by atoms with Gasteiger partial charge in [0.05, 0.1) is 5.69 Å². The van der Waals surface area contributed by atoms with Gasteiger partial charge in [0.1, 0.15) is 11.4 Å². The Kier molecular flexibility index (Phi) is 3.99. The number of amides is 1. The Morgan fingerprint density at radius 3 is 2.89 bits per heavy atom.